The zero-order valence-electron chi connectivity index (χ0n) is 10.7. The monoisotopic (exact) mass is 336 g/mol. The van der Waals surface area contributed by atoms with Gasteiger partial charge in [-0.1, -0.05) is 28.1 Å². The van der Waals surface area contributed by atoms with E-state index in [2.05, 4.69) is 15.9 Å². The lowest BCUT2D eigenvalue weighted by Crippen LogP contribution is -2.24. The van der Waals surface area contributed by atoms with Gasteiger partial charge in [-0.15, -0.1) is 0 Å². The SMILES string of the molecule is CCOP(=O)(OCC)[C@@](C)(O)c1ccc(Br)cc1. The maximum atomic E-state index is 12.6. The Morgan fingerprint density at radius 2 is 1.67 bits per heavy atom. The second-order valence-electron chi connectivity index (χ2n) is 3.86. The molecule has 18 heavy (non-hydrogen) atoms. The van der Waals surface area contributed by atoms with Gasteiger partial charge in [-0.2, -0.15) is 0 Å². The van der Waals surface area contributed by atoms with Crippen LogP contribution in [0.2, 0.25) is 0 Å². The van der Waals surface area contributed by atoms with Gasteiger partial charge in [0, 0.05) is 4.47 Å². The van der Waals surface area contributed by atoms with Crippen LogP contribution in [0, 0.1) is 0 Å². The van der Waals surface area contributed by atoms with Crippen LogP contribution in [0.4, 0.5) is 0 Å². The van der Waals surface area contributed by atoms with Crippen LogP contribution in [0.3, 0.4) is 0 Å². The Morgan fingerprint density at radius 3 is 2.06 bits per heavy atom. The minimum atomic E-state index is -3.62. The van der Waals surface area contributed by atoms with Gasteiger partial charge >= 0.3 is 7.60 Å². The standard InChI is InChI=1S/C12H18BrO4P/c1-4-16-18(15,17-5-2)12(3,14)10-6-8-11(13)9-7-10/h6-9,14H,4-5H2,1-3H3/t12-/m1/s1. The summed E-state index contributed by atoms with van der Waals surface area (Å²) in [4.78, 5) is 0. The van der Waals surface area contributed by atoms with E-state index >= 15 is 0 Å². The fraction of sp³-hybridized carbons (Fsp3) is 0.500. The number of rotatable bonds is 6. The normalized spacial score (nSPS) is 15.4. The van der Waals surface area contributed by atoms with Crippen molar-refractivity contribution >= 4 is 23.5 Å². The Kier molecular flexibility index (Phi) is 5.56. The number of benzene rings is 1. The molecule has 0 bridgehead atoms. The molecule has 0 fully saturated rings. The van der Waals surface area contributed by atoms with Crippen molar-refractivity contribution in [3.05, 3.63) is 34.3 Å². The molecule has 0 aliphatic heterocycles. The number of aliphatic hydroxyl groups is 1. The molecule has 0 heterocycles. The Hall–Kier alpha value is -0.190. The fourth-order valence-electron chi connectivity index (χ4n) is 1.55. The van der Waals surface area contributed by atoms with Gasteiger partial charge in [-0.05, 0) is 38.5 Å². The first-order valence-corrected chi connectivity index (χ1v) is 8.08. The number of hydrogen-bond acceptors (Lipinski definition) is 4. The molecule has 1 aromatic rings. The Bertz CT molecular complexity index is 420. The van der Waals surface area contributed by atoms with E-state index in [4.69, 9.17) is 9.05 Å². The van der Waals surface area contributed by atoms with Gasteiger partial charge < -0.3 is 14.2 Å². The average Bonchev–Trinajstić information content (AvgIpc) is 2.30. The first-order valence-electron chi connectivity index (χ1n) is 5.75. The van der Waals surface area contributed by atoms with Crippen LogP contribution in [0.1, 0.15) is 26.3 Å². The predicted octanol–water partition coefficient (Wildman–Crippen LogP) is 3.88. The van der Waals surface area contributed by atoms with Crippen molar-refractivity contribution in [1.29, 1.82) is 0 Å². The van der Waals surface area contributed by atoms with Crippen molar-refractivity contribution < 1.29 is 18.7 Å². The summed E-state index contributed by atoms with van der Waals surface area (Å²) in [7, 11) is -3.62. The van der Waals surface area contributed by atoms with Crippen LogP contribution in [0.25, 0.3) is 0 Å². The Balaban J connectivity index is 3.15. The third-order valence-corrected chi connectivity index (χ3v) is 5.57. The molecule has 1 N–H and O–H groups in total. The van der Waals surface area contributed by atoms with Crippen molar-refractivity contribution in [3.8, 4) is 0 Å². The molecule has 0 amide bonds. The van der Waals surface area contributed by atoms with Crippen LogP contribution in [0.5, 0.6) is 0 Å². The van der Waals surface area contributed by atoms with Gasteiger partial charge in [0.05, 0.1) is 13.2 Å². The second-order valence-corrected chi connectivity index (χ2v) is 7.16. The van der Waals surface area contributed by atoms with Crippen molar-refractivity contribution in [2.75, 3.05) is 13.2 Å². The molecule has 0 aliphatic rings. The smallest absolute Gasteiger partial charge is 0.366 e. The Labute approximate surface area is 116 Å². The average molecular weight is 337 g/mol. The highest BCUT2D eigenvalue weighted by molar-refractivity contribution is 9.10. The van der Waals surface area contributed by atoms with E-state index in [1.54, 1.807) is 38.1 Å². The van der Waals surface area contributed by atoms with E-state index in [1.807, 2.05) is 0 Å². The van der Waals surface area contributed by atoms with Gasteiger partial charge in [0.1, 0.15) is 0 Å². The third-order valence-electron chi connectivity index (χ3n) is 2.52. The van der Waals surface area contributed by atoms with Crippen LogP contribution in [0.15, 0.2) is 28.7 Å². The minimum Gasteiger partial charge on any atom is -0.373 e. The highest BCUT2D eigenvalue weighted by atomic mass is 79.9. The van der Waals surface area contributed by atoms with Crippen molar-refractivity contribution in [2.45, 2.75) is 26.1 Å². The molecule has 0 spiro atoms. The van der Waals surface area contributed by atoms with Crippen LogP contribution >= 0.6 is 23.5 Å². The summed E-state index contributed by atoms with van der Waals surface area (Å²) in [6.07, 6.45) is 0. The topological polar surface area (TPSA) is 55.8 Å². The molecule has 0 unspecified atom stereocenters. The summed E-state index contributed by atoms with van der Waals surface area (Å²) in [5.41, 5.74) is 0.496. The summed E-state index contributed by atoms with van der Waals surface area (Å²) < 4.78 is 23.9. The maximum absolute atomic E-state index is 12.6. The molecule has 1 rings (SSSR count). The molecular weight excluding hydrogens is 319 g/mol. The van der Waals surface area contributed by atoms with E-state index in [1.165, 1.54) is 6.92 Å². The van der Waals surface area contributed by atoms with Crippen molar-refractivity contribution in [3.63, 3.8) is 0 Å². The molecule has 4 nitrogen and oxygen atoms in total. The lowest BCUT2D eigenvalue weighted by molar-refractivity contribution is 0.0802. The lowest BCUT2D eigenvalue weighted by atomic mass is 10.1. The maximum Gasteiger partial charge on any atom is 0.366 e. The number of halogens is 1. The largest absolute Gasteiger partial charge is 0.373 e. The van der Waals surface area contributed by atoms with Crippen LogP contribution in [-0.2, 0) is 19.0 Å². The molecule has 1 atom stereocenters. The van der Waals surface area contributed by atoms with E-state index < -0.39 is 12.9 Å². The molecule has 0 saturated carbocycles. The summed E-state index contributed by atoms with van der Waals surface area (Å²) in [6, 6.07) is 6.92. The highest BCUT2D eigenvalue weighted by Crippen LogP contribution is 2.63. The first kappa shape index (κ1) is 15.9. The van der Waals surface area contributed by atoms with E-state index in [9.17, 15) is 9.67 Å². The number of hydrogen-bond donors (Lipinski definition) is 1. The van der Waals surface area contributed by atoms with Gasteiger partial charge in [0.25, 0.3) is 0 Å². The summed E-state index contributed by atoms with van der Waals surface area (Å²) in [6.45, 7) is 5.29. The first-order chi connectivity index (χ1) is 8.37. The fourth-order valence-corrected chi connectivity index (χ4v) is 3.54. The molecule has 102 valence electrons. The molecular formula is C12H18BrO4P. The quantitative estimate of drug-likeness (QED) is 0.801. The highest BCUT2D eigenvalue weighted by Gasteiger charge is 2.47. The van der Waals surface area contributed by atoms with E-state index in [0.717, 1.165) is 4.47 Å². The molecule has 0 aromatic heterocycles. The third kappa shape index (κ3) is 3.22. The van der Waals surface area contributed by atoms with Crippen LogP contribution in [-0.4, -0.2) is 18.3 Å². The van der Waals surface area contributed by atoms with Gasteiger partial charge in [-0.3, -0.25) is 4.57 Å². The molecule has 1 aromatic carbocycles. The summed E-state index contributed by atoms with van der Waals surface area (Å²) >= 11 is 3.31. The van der Waals surface area contributed by atoms with Gasteiger partial charge in [0.15, 0.2) is 5.34 Å². The zero-order chi connectivity index (χ0) is 13.8. The summed E-state index contributed by atoms with van der Waals surface area (Å²) in [5, 5.41) is 8.86. The molecule has 6 heteroatoms. The second kappa shape index (κ2) is 6.31. The Morgan fingerprint density at radius 1 is 1.22 bits per heavy atom. The van der Waals surface area contributed by atoms with Gasteiger partial charge in [0.2, 0.25) is 0 Å². The lowest BCUT2D eigenvalue weighted by Gasteiger charge is -2.31. The van der Waals surface area contributed by atoms with Crippen LogP contribution < -0.4 is 0 Å². The summed E-state index contributed by atoms with van der Waals surface area (Å²) in [5.74, 6) is 0. The molecule has 0 saturated heterocycles. The zero-order valence-corrected chi connectivity index (χ0v) is 13.2. The molecule has 0 radical (unpaired) electrons. The minimum absolute atomic E-state index is 0.212. The van der Waals surface area contributed by atoms with Gasteiger partial charge in [-0.25, -0.2) is 0 Å². The van der Waals surface area contributed by atoms with E-state index in [0.29, 0.717) is 5.56 Å². The van der Waals surface area contributed by atoms with E-state index in [-0.39, 0.29) is 13.2 Å². The molecule has 0 aliphatic carbocycles. The van der Waals surface area contributed by atoms with Crippen molar-refractivity contribution in [2.24, 2.45) is 0 Å². The van der Waals surface area contributed by atoms with Crippen molar-refractivity contribution in [1.82, 2.24) is 0 Å². The predicted molar refractivity (Wildman–Crippen MR) is 74.6 cm³/mol.